The van der Waals surface area contributed by atoms with E-state index in [-0.39, 0.29) is 0 Å². The standard InChI is InChI=1S/C13H13BrN2O2/c1-17-11-6-3-5-10(14)13(11)18-8-9-4-2-7-12(15)16-9/h2-7H,8H2,1H3,(H2,15,16). The lowest BCUT2D eigenvalue weighted by atomic mass is 10.3. The number of halogens is 1. The van der Waals surface area contributed by atoms with Crippen LogP contribution in [0.1, 0.15) is 5.69 Å². The molecule has 2 aromatic rings. The van der Waals surface area contributed by atoms with E-state index in [2.05, 4.69) is 20.9 Å². The highest BCUT2D eigenvalue weighted by molar-refractivity contribution is 9.10. The first-order chi connectivity index (χ1) is 8.70. The Morgan fingerprint density at radius 3 is 2.72 bits per heavy atom. The zero-order valence-corrected chi connectivity index (χ0v) is 11.5. The highest BCUT2D eigenvalue weighted by atomic mass is 79.9. The third kappa shape index (κ3) is 2.92. The lowest BCUT2D eigenvalue weighted by Crippen LogP contribution is -2.02. The lowest BCUT2D eigenvalue weighted by Gasteiger charge is -2.12. The van der Waals surface area contributed by atoms with Gasteiger partial charge >= 0.3 is 0 Å². The Kier molecular flexibility index (Phi) is 4.04. The van der Waals surface area contributed by atoms with Gasteiger partial charge in [-0.15, -0.1) is 0 Å². The zero-order valence-electron chi connectivity index (χ0n) is 9.89. The molecule has 0 unspecified atom stereocenters. The van der Waals surface area contributed by atoms with Crippen LogP contribution in [0.15, 0.2) is 40.9 Å². The van der Waals surface area contributed by atoms with Crippen molar-refractivity contribution in [1.29, 1.82) is 0 Å². The molecule has 1 aromatic heterocycles. The molecule has 4 nitrogen and oxygen atoms in total. The number of hydrogen-bond acceptors (Lipinski definition) is 4. The zero-order chi connectivity index (χ0) is 13.0. The Bertz CT molecular complexity index is 546. The van der Waals surface area contributed by atoms with Gasteiger partial charge in [-0.05, 0) is 40.2 Å². The summed E-state index contributed by atoms with van der Waals surface area (Å²) >= 11 is 3.43. The number of nitrogen functional groups attached to an aromatic ring is 1. The lowest BCUT2D eigenvalue weighted by molar-refractivity contribution is 0.279. The van der Waals surface area contributed by atoms with E-state index in [9.17, 15) is 0 Å². The highest BCUT2D eigenvalue weighted by Crippen LogP contribution is 2.35. The minimum atomic E-state index is 0.337. The molecule has 0 saturated carbocycles. The number of benzene rings is 1. The maximum atomic E-state index is 5.71. The SMILES string of the molecule is COc1cccc(Br)c1OCc1cccc(N)n1. The van der Waals surface area contributed by atoms with Gasteiger partial charge in [-0.3, -0.25) is 0 Å². The molecule has 0 spiro atoms. The minimum absolute atomic E-state index is 0.337. The number of nitrogens with two attached hydrogens (primary N) is 1. The van der Waals surface area contributed by atoms with Crippen molar-refractivity contribution < 1.29 is 9.47 Å². The fourth-order valence-corrected chi connectivity index (χ4v) is 1.98. The number of nitrogens with zero attached hydrogens (tertiary/aromatic N) is 1. The van der Waals surface area contributed by atoms with Crippen LogP contribution in [0.3, 0.4) is 0 Å². The number of aromatic nitrogens is 1. The molecule has 0 atom stereocenters. The van der Waals surface area contributed by atoms with E-state index in [1.54, 1.807) is 13.2 Å². The molecule has 0 aliphatic heterocycles. The maximum absolute atomic E-state index is 5.71. The largest absolute Gasteiger partial charge is 0.493 e. The summed E-state index contributed by atoms with van der Waals surface area (Å²) < 4.78 is 11.8. The predicted molar refractivity (Wildman–Crippen MR) is 73.7 cm³/mol. The van der Waals surface area contributed by atoms with Gasteiger partial charge in [0.25, 0.3) is 0 Å². The molecule has 0 aliphatic carbocycles. The van der Waals surface area contributed by atoms with Gasteiger partial charge in [0.05, 0.1) is 17.3 Å². The van der Waals surface area contributed by atoms with Gasteiger partial charge in [0.2, 0.25) is 0 Å². The Labute approximate surface area is 114 Å². The van der Waals surface area contributed by atoms with Gasteiger partial charge in [0.1, 0.15) is 12.4 Å². The maximum Gasteiger partial charge on any atom is 0.175 e. The Morgan fingerprint density at radius 2 is 2.00 bits per heavy atom. The molecule has 0 aliphatic rings. The van der Waals surface area contributed by atoms with Gasteiger partial charge in [0, 0.05) is 0 Å². The third-order valence-corrected chi connectivity index (χ3v) is 2.97. The van der Waals surface area contributed by atoms with Crippen LogP contribution in [-0.2, 0) is 6.61 Å². The molecule has 0 saturated heterocycles. The highest BCUT2D eigenvalue weighted by Gasteiger charge is 2.09. The van der Waals surface area contributed by atoms with Crippen molar-refractivity contribution in [2.45, 2.75) is 6.61 Å². The van der Waals surface area contributed by atoms with Crippen molar-refractivity contribution in [1.82, 2.24) is 4.98 Å². The smallest absolute Gasteiger partial charge is 0.175 e. The van der Waals surface area contributed by atoms with Crippen molar-refractivity contribution in [2.75, 3.05) is 12.8 Å². The topological polar surface area (TPSA) is 57.4 Å². The summed E-state index contributed by atoms with van der Waals surface area (Å²) in [4.78, 5) is 4.17. The molecular weight excluding hydrogens is 296 g/mol. The Morgan fingerprint density at radius 1 is 1.22 bits per heavy atom. The molecule has 2 N–H and O–H groups in total. The second-order valence-corrected chi connectivity index (χ2v) is 4.47. The van der Waals surface area contributed by atoms with Gasteiger partial charge in [-0.1, -0.05) is 12.1 Å². The van der Waals surface area contributed by atoms with Crippen LogP contribution < -0.4 is 15.2 Å². The van der Waals surface area contributed by atoms with Crippen LogP contribution in [-0.4, -0.2) is 12.1 Å². The van der Waals surface area contributed by atoms with Gasteiger partial charge < -0.3 is 15.2 Å². The van der Waals surface area contributed by atoms with E-state index in [0.717, 1.165) is 10.2 Å². The van der Waals surface area contributed by atoms with Crippen LogP contribution in [0.25, 0.3) is 0 Å². The first-order valence-corrected chi connectivity index (χ1v) is 6.16. The number of methoxy groups -OCH3 is 1. The van der Waals surface area contributed by atoms with Gasteiger partial charge in [-0.2, -0.15) is 0 Å². The molecule has 0 fully saturated rings. The molecule has 1 aromatic carbocycles. The molecule has 2 rings (SSSR count). The first-order valence-electron chi connectivity index (χ1n) is 5.37. The summed E-state index contributed by atoms with van der Waals surface area (Å²) in [5, 5.41) is 0. The average molecular weight is 309 g/mol. The molecule has 94 valence electrons. The van der Waals surface area contributed by atoms with Gasteiger partial charge in [0.15, 0.2) is 11.5 Å². The molecule has 0 bridgehead atoms. The van der Waals surface area contributed by atoms with Crippen molar-refractivity contribution in [3.63, 3.8) is 0 Å². The number of hydrogen-bond donors (Lipinski definition) is 1. The summed E-state index contributed by atoms with van der Waals surface area (Å²) in [6.07, 6.45) is 0. The monoisotopic (exact) mass is 308 g/mol. The van der Waals surface area contributed by atoms with Crippen LogP contribution in [0, 0.1) is 0 Å². The van der Waals surface area contributed by atoms with Crippen LogP contribution in [0.2, 0.25) is 0 Å². The fourth-order valence-electron chi connectivity index (χ4n) is 1.51. The Hall–Kier alpha value is -1.75. The predicted octanol–water partition coefficient (Wildman–Crippen LogP) is 3.01. The van der Waals surface area contributed by atoms with E-state index in [1.807, 2.05) is 30.3 Å². The summed E-state index contributed by atoms with van der Waals surface area (Å²) in [5.74, 6) is 1.81. The molecule has 1 heterocycles. The second-order valence-electron chi connectivity index (χ2n) is 3.61. The quantitative estimate of drug-likeness (QED) is 0.943. The van der Waals surface area contributed by atoms with E-state index in [1.165, 1.54) is 0 Å². The number of anilines is 1. The Balaban J connectivity index is 2.15. The van der Waals surface area contributed by atoms with Gasteiger partial charge in [-0.25, -0.2) is 4.98 Å². The van der Waals surface area contributed by atoms with Crippen LogP contribution in [0.4, 0.5) is 5.82 Å². The first kappa shape index (κ1) is 12.7. The van der Waals surface area contributed by atoms with Crippen molar-refractivity contribution in [3.05, 3.63) is 46.6 Å². The van der Waals surface area contributed by atoms with Crippen LogP contribution >= 0.6 is 15.9 Å². The van der Waals surface area contributed by atoms with E-state index in [0.29, 0.717) is 23.9 Å². The molecule has 5 heteroatoms. The molecule has 0 amide bonds. The fraction of sp³-hybridized carbons (Fsp3) is 0.154. The molecular formula is C13H13BrN2O2. The van der Waals surface area contributed by atoms with E-state index >= 15 is 0 Å². The van der Waals surface area contributed by atoms with Crippen LogP contribution in [0.5, 0.6) is 11.5 Å². The summed E-state index contributed by atoms with van der Waals surface area (Å²) in [5.41, 5.74) is 6.38. The summed E-state index contributed by atoms with van der Waals surface area (Å²) in [6, 6.07) is 11.1. The third-order valence-electron chi connectivity index (χ3n) is 2.34. The summed E-state index contributed by atoms with van der Waals surface area (Å²) in [7, 11) is 1.60. The average Bonchev–Trinajstić information content (AvgIpc) is 2.37. The molecule has 18 heavy (non-hydrogen) atoms. The second kappa shape index (κ2) is 5.73. The number of para-hydroxylation sites is 1. The number of pyridine rings is 1. The number of ether oxygens (including phenoxy) is 2. The molecule has 0 radical (unpaired) electrons. The van der Waals surface area contributed by atoms with Crippen molar-refractivity contribution in [2.24, 2.45) is 0 Å². The summed E-state index contributed by atoms with van der Waals surface area (Å²) in [6.45, 7) is 0.337. The van der Waals surface area contributed by atoms with E-state index in [4.69, 9.17) is 15.2 Å². The van der Waals surface area contributed by atoms with Crippen molar-refractivity contribution >= 4 is 21.7 Å². The minimum Gasteiger partial charge on any atom is -0.493 e. The van der Waals surface area contributed by atoms with E-state index < -0.39 is 0 Å². The normalized spacial score (nSPS) is 10.1. The van der Waals surface area contributed by atoms with Crippen molar-refractivity contribution in [3.8, 4) is 11.5 Å². The number of rotatable bonds is 4.